The SMILES string of the molecule is COc1cccc(CN=C(N)NCCc2ccccn2)n1.I. The average molecular weight is 413 g/mol. The third-order valence-corrected chi connectivity index (χ3v) is 2.82. The summed E-state index contributed by atoms with van der Waals surface area (Å²) >= 11 is 0. The summed E-state index contributed by atoms with van der Waals surface area (Å²) in [5.41, 5.74) is 7.65. The summed E-state index contributed by atoms with van der Waals surface area (Å²) in [6, 6.07) is 11.4. The molecule has 0 radical (unpaired) electrons. The summed E-state index contributed by atoms with van der Waals surface area (Å²) in [4.78, 5) is 12.8. The molecule has 3 N–H and O–H groups in total. The highest BCUT2D eigenvalue weighted by Gasteiger charge is 1.98. The van der Waals surface area contributed by atoms with Crippen molar-refractivity contribution in [1.82, 2.24) is 15.3 Å². The Morgan fingerprint density at radius 2 is 2.05 bits per heavy atom. The molecule has 6 nitrogen and oxygen atoms in total. The fourth-order valence-corrected chi connectivity index (χ4v) is 1.75. The molecule has 2 heterocycles. The minimum Gasteiger partial charge on any atom is -0.481 e. The first-order chi connectivity index (χ1) is 10.3. The van der Waals surface area contributed by atoms with Crippen LogP contribution in [0.25, 0.3) is 0 Å². The number of methoxy groups -OCH3 is 1. The van der Waals surface area contributed by atoms with Gasteiger partial charge < -0.3 is 15.8 Å². The fourth-order valence-electron chi connectivity index (χ4n) is 1.75. The van der Waals surface area contributed by atoms with E-state index < -0.39 is 0 Å². The van der Waals surface area contributed by atoms with Crippen LogP contribution in [0.5, 0.6) is 5.88 Å². The van der Waals surface area contributed by atoms with Gasteiger partial charge in [0.15, 0.2) is 5.96 Å². The number of ether oxygens (including phenoxy) is 1. The summed E-state index contributed by atoms with van der Waals surface area (Å²) in [6.07, 6.45) is 2.58. The molecule has 0 aliphatic heterocycles. The molecule has 0 unspecified atom stereocenters. The molecule has 2 aromatic heterocycles. The Hall–Kier alpha value is -1.90. The van der Waals surface area contributed by atoms with Crippen molar-refractivity contribution < 1.29 is 4.74 Å². The Balaban J connectivity index is 0.00000242. The van der Waals surface area contributed by atoms with Gasteiger partial charge in [-0.25, -0.2) is 9.98 Å². The molecular weight excluding hydrogens is 393 g/mol. The predicted octanol–water partition coefficient (Wildman–Crippen LogP) is 1.75. The van der Waals surface area contributed by atoms with Crippen LogP contribution in [0.3, 0.4) is 0 Å². The smallest absolute Gasteiger partial charge is 0.213 e. The molecule has 2 aromatic rings. The van der Waals surface area contributed by atoms with Crippen LogP contribution in [0.1, 0.15) is 11.4 Å². The number of halogens is 1. The molecule has 0 aliphatic carbocycles. The molecular formula is C15H20IN5O. The molecule has 0 fully saturated rings. The maximum atomic E-state index is 5.82. The monoisotopic (exact) mass is 413 g/mol. The van der Waals surface area contributed by atoms with E-state index in [1.165, 1.54) is 0 Å². The standard InChI is InChI=1S/C15H19N5O.HI/c1-21-14-7-4-6-13(20-14)11-19-15(16)18-10-8-12-5-2-3-9-17-12;/h2-7,9H,8,10-11H2,1H3,(H3,16,18,19);1H. The largest absolute Gasteiger partial charge is 0.481 e. The topological polar surface area (TPSA) is 85.4 Å². The highest BCUT2D eigenvalue weighted by Crippen LogP contribution is 2.07. The number of nitrogens with two attached hydrogens (primary N) is 1. The molecule has 2 rings (SSSR count). The van der Waals surface area contributed by atoms with Crippen molar-refractivity contribution >= 4 is 29.9 Å². The van der Waals surface area contributed by atoms with Gasteiger partial charge >= 0.3 is 0 Å². The summed E-state index contributed by atoms with van der Waals surface area (Å²) in [5, 5.41) is 3.06. The molecule has 0 bridgehead atoms. The summed E-state index contributed by atoms with van der Waals surface area (Å²) in [6.45, 7) is 1.11. The quantitative estimate of drug-likeness (QED) is 0.428. The molecule has 0 aliphatic rings. The first-order valence-corrected chi connectivity index (χ1v) is 6.71. The number of nitrogens with zero attached hydrogens (tertiary/aromatic N) is 3. The number of nitrogens with one attached hydrogen (secondary N) is 1. The van der Waals surface area contributed by atoms with E-state index in [0.717, 1.165) is 17.8 Å². The van der Waals surface area contributed by atoms with Crippen molar-refractivity contribution in [3.05, 3.63) is 54.0 Å². The lowest BCUT2D eigenvalue weighted by Crippen LogP contribution is -2.33. The van der Waals surface area contributed by atoms with Gasteiger partial charge in [0, 0.05) is 30.9 Å². The second-order valence-corrected chi connectivity index (χ2v) is 4.37. The van der Waals surface area contributed by atoms with E-state index in [1.54, 1.807) is 19.4 Å². The van der Waals surface area contributed by atoms with Gasteiger partial charge in [0.25, 0.3) is 0 Å². The lowest BCUT2D eigenvalue weighted by molar-refractivity contribution is 0.396. The van der Waals surface area contributed by atoms with Crippen LogP contribution in [0.15, 0.2) is 47.6 Å². The van der Waals surface area contributed by atoms with Gasteiger partial charge in [0.05, 0.1) is 19.3 Å². The van der Waals surface area contributed by atoms with Crippen LogP contribution in [0.2, 0.25) is 0 Å². The van der Waals surface area contributed by atoms with Crippen molar-refractivity contribution in [1.29, 1.82) is 0 Å². The molecule has 22 heavy (non-hydrogen) atoms. The molecule has 0 amide bonds. The fraction of sp³-hybridized carbons (Fsp3) is 0.267. The van der Waals surface area contributed by atoms with Crippen LogP contribution >= 0.6 is 24.0 Å². The normalized spacial score (nSPS) is 10.7. The van der Waals surface area contributed by atoms with Crippen LogP contribution in [-0.4, -0.2) is 29.6 Å². The van der Waals surface area contributed by atoms with E-state index in [4.69, 9.17) is 10.5 Å². The van der Waals surface area contributed by atoms with Crippen LogP contribution < -0.4 is 15.8 Å². The van der Waals surface area contributed by atoms with Crippen LogP contribution in [0, 0.1) is 0 Å². The number of aliphatic imine (C=N–C) groups is 1. The maximum absolute atomic E-state index is 5.82. The van der Waals surface area contributed by atoms with E-state index in [0.29, 0.717) is 24.9 Å². The van der Waals surface area contributed by atoms with E-state index in [9.17, 15) is 0 Å². The van der Waals surface area contributed by atoms with Crippen molar-refractivity contribution in [2.75, 3.05) is 13.7 Å². The zero-order valence-electron chi connectivity index (χ0n) is 12.4. The van der Waals surface area contributed by atoms with Crippen molar-refractivity contribution in [3.8, 4) is 5.88 Å². The number of rotatable bonds is 6. The zero-order valence-corrected chi connectivity index (χ0v) is 14.7. The maximum Gasteiger partial charge on any atom is 0.213 e. The van der Waals surface area contributed by atoms with Gasteiger partial charge in [-0.3, -0.25) is 4.98 Å². The van der Waals surface area contributed by atoms with Crippen molar-refractivity contribution in [2.45, 2.75) is 13.0 Å². The van der Waals surface area contributed by atoms with E-state index in [-0.39, 0.29) is 24.0 Å². The Bertz CT molecular complexity index is 591. The van der Waals surface area contributed by atoms with E-state index in [1.807, 2.05) is 30.3 Å². The third-order valence-electron chi connectivity index (χ3n) is 2.82. The van der Waals surface area contributed by atoms with Gasteiger partial charge in [-0.05, 0) is 18.2 Å². The molecule has 0 saturated carbocycles. The lowest BCUT2D eigenvalue weighted by atomic mass is 10.3. The summed E-state index contributed by atoms with van der Waals surface area (Å²) in [7, 11) is 1.59. The number of hydrogen-bond acceptors (Lipinski definition) is 4. The summed E-state index contributed by atoms with van der Waals surface area (Å²) < 4.78 is 5.06. The van der Waals surface area contributed by atoms with Crippen molar-refractivity contribution in [2.24, 2.45) is 10.7 Å². The van der Waals surface area contributed by atoms with Gasteiger partial charge in [-0.15, -0.1) is 24.0 Å². The number of hydrogen-bond donors (Lipinski definition) is 2. The predicted molar refractivity (Wildman–Crippen MR) is 97.5 cm³/mol. The van der Waals surface area contributed by atoms with Gasteiger partial charge in [-0.1, -0.05) is 12.1 Å². The minimum absolute atomic E-state index is 0. The molecule has 118 valence electrons. The molecule has 0 spiro atoms. The Morgan fingerprint density at radius 3 is 2.77 bits per heavy atom. The molecule has 7 heteroatoms. The van der Waals surface area contributed by atoms with Crippen LogP contribution in [0.4, 0.5) is 0 Å². The molecule has 0 aromatic carbocycles. The summed E-state index contributed by atoms with van der Waals surface area (Å²) in [5.74, 6) is 0.972. The third kappa shape index (κ3) is 6.25. The number of pyridine rings is 2. The van der Waals surface area contributed by atoms with Crippen molar-refractivity contribution in [3.63, 3.8) is 0 Å². The van der Waals surface area contributed by atoms with E-state index in [2.05, 4.69) is 20.3 Å². The minimum atomic E-state index is 0. The first kappa shape index (κ1) is 18.1. The van der Waals surface area contributed by atoms with Gasteiger partial charge in [0.2, 0.25) is 5.88 Å². The zero-order chi connectivity index (χ0) is 14.9. The Morgan fingerprint density at radius 1 is 1.23 bits per heavy atom. The first-order valence-electron chi connectivity index (χ1n) is 6.71. The average Bonchev–Trinajstić information content (AvgIpc) is 2.54. The highest BCUT2D eigenvalue weighted by atomic mass is 127. The Kier molecular flexibility index (Phi) is 8.19. The highest BCUT2D eigenvalue weighted by molar-refractivity contribution is 14.0. The molecule has 0 atom stereocenters. The van der Waals surface area contributed by atoms with Gasteiger partial charge in [0.1, 0.15) is 0 Å². The second kappa shape index (κ2) is 9.93. The molecule has 0 saturated heterocycles. The second-order valence-electron chi connectivity index (χ2n) is 4.37. The lowest BCUT2D eigenvalue weighted by Gasteiger charge is -2.05. The van der Waals surface area contributed by atoms with E-state index >= 15 is 0 Å². The number of aromatic nitrogens is 2. The Labute approximate surface area is 147 Å². The van der Waals surface area contributed by atoms with Crippen LogP contribution in [-0.2, 0) is 13.0 Å². The van der Waals surface area contributed by atoms with Gasteiger partial charge in [-0.2, -0.15) is 0 Å². The number of guanidine groups is 1.